The van der Waals surface area contributed by atoms with E-state index in [1.54, 1.807) is 6.08 Å². The van der Waals surface area contributed by atoms with Crippen molar-refractivity contribution in [1.29, 1.82) is 0 Å². The lowest BCUT2D eigenvalue weighted by Gasteiger charge is -2.33. The number of nitrogens with zero attached hydrogens (tertiary/aromatic N) is 1. The van der Waals surface area contributed by atoms with Gasteiger partial charge in [0, 0.05) is 11.8 Å². The smallest absolute Gasteiger partial charge is 0.147 e. The molecule has 17 heavy (non-hydrogen) atoms. The van der Waals surface area contributed by atoms with Crippen molar-refractivity contribution in [3.63, 3.8) is 0 Å². The molecule has 0 spiro atoms. The normalized spacial score (nSPS) is 27.8. The third-order valence-corrected chi connectivity index (χ3v) is 3.81. The molecule has 0 saturated carbocycles. The molecule has 2 aliphatic heterocycles. The lowest BCUT2D eigenvalue weighted by atomic mass is 9.85. The average Bonchev–Trinajstić information content (AvgIpc) is 2.62. The Labute approximate surface area is 100 Å². The Balaban J connectivity index is 2.28. The van der Waals surface area contributed by atoms with Crippen molar-refractivity contribution in [1.82, 2.24) is 5.32 Å². The third kappa shape index (κ3) is 2.50. The van der Waals surface area contributed by atoms with Gasteiger partial charge in [-0.1, -0.05) is 6.08 Å². The summed E-state index contributed by atoms with van der Waals surface area (Å²) in [6.07, 6.45) is 5.06. The molecule has 0 amide bonds. The molecule has 0 aliphatic carbocycles. The summed E-state index contributed by atoms with van der Waals surface area (Å²) in [6, 6.07) is 0. The molecule has 0 aromatic carbocycles. The molecule has 5 N–H and O–H groups in total. The van der Waals surface area contributed by atoms with E-state index in [-0.39, 0.29) is 5.75 Å². The van der Waals surface area contributed by atoms with Crippen LogP contribution in [0.5, 0.6) is 0 Å². The Morgan fingerprint density at radius 1 is 1.59 bits per heavy atom. The first-order valence-electron chi connectivity index (χ1n) is 5.28. The monoisotopic (exact) mass is 256 g/mol. The van der Waals surface area contributed by atoms with E-state index in [2.05, 4.69) is 10.3 Å². The number of nitrogens with one attached hydrogen (secondary N) is 1. The highest BCUT2D eigenvalue weighted by atomic mass is 32.2. The lowest BCUT2D eigenvalue weighted by Crippen LogP contribution is -2.51. The molecule has 0 saturated heterocycles. The minimum absolute atomic E-state index is 0.0257. The number of hydrogen-bond donors (Lipinski definition) is 3. The summed E-state index contributed by atoms with van der Waals surface area (Å²) in [5, 5.41) is 2.92. The van der Waals surface area contributed by atoms with E-state index < -0.39 is 15.4 Å². The van der Waals surface area contributed by atoms with Crippen molar-refractivity contribution < 1.29 is 8.42 Å². The van der Waals surface area contributed by atoms with E-state index in [4.69, 9.17) is 11.5 Å². The van der Waals surface area contributed by atoms with Crippen LogP contribution in [-0.2, 0) is 9.84 Å². The summed E-state index contributed by atoms with van der Waals surface area (Å²) in [7, 11) is -3.05. The minimum atomic E-state index is -3.05. The van der Waals surface area contributed by atoms with Gasteiger partial charge in [-0.3, -0.25) is 4.99 Å². The van der Waals surface area contributed by atoms with Crippen molar-refractivity contribution in [2.75, 3.05) is 18.6 Å². The average molecular weight is 256 g/mol. The predicted octanol–water partition coefficient (Wildman–Crippen LogP) is -1.14. The van der Waals surface area contributed by atoms with Gasteiger partial charge in [-0.25, -0.2) is 8.42 Å². The summed E-state index contributed by atoms with van der Waals surface area (Å²) in [5.74, 6) is 1.09. The van der Waals surface area contributed by atoms with Crippen molar-refractivity contribution >= 4 is 15.7 Å². The summed E-state index contributed by atoms with van der Waals surface area (Å²) < 4.78 is 22.4. The number of rotatable bonds is 3. The fraction of sp³-hybridized carbons (Fsp3) is 0.500. The quantitative estimate of drug-likeness (QED) is 0.591. The SMILES string of the molecule is CS(=O)(=O)CCC1(N)C=C(N)NC2=NCC=C21. The highest BCUT2D eigenvalue weighted by Gasteiger charge is 2.36. The van der Waals surface area contributed by atoms with Gasteiger partial charge in [-0.05, 0) is 12.5 Å². The van der Waals surface area contributed by atoms with Gasteiger partial charge in [0.05, 0.1) is 23.7 Å². The number of aliphatic imine (C=N–C) groups is 1. The van der Waals surface area contributed by atoms with Crippen LogP contribution >= 0.6 is 0 Å². The van der Waals surface area contributed by atoms with Crippen LogP contribution in [0.1, 0.15) is 6.42 Å². The molecule has 0 aromatic heterocycles. The highest BCUT2D eigenvalue weighted by Crippen LogP contribution is 2.28. The van der Waals surface area contributed by atoms with E-state index in [0.29, 0.717) is 24.6 Å². The molecule has 0 aromatic rings. The molecule has 1 unspecified atom stereocenters. The third-order valence-electron chi connectivity index (χ3n) is 2.86. The number of fused-ring (bicyclic) bond motifs is 1. The zero-order chi connectivity index (χ0) is 12.7. The van der Waals surface area contributed by atoms with Crippen molar-refractivity contribution in [2.45, 2.75) is 12.0 Å². The topological polar surface area (TPSA) is 111 Å². The van der Waals surface area contributed by atoms with Crippen LogP contribution in [0.2, 0.25) is 0 Å². The number of sulfone groups is 1. The molecule has 94 valence electrons. The standard InChI is InChI=1S/C10H16N4O2S/c1-17(15,16)5-3-10(12)6-8(11)14-9-7(10)2-4-13-9/h2,6H,3-5,11-12H2,1H3,(H,13,14). The van der Waals surface area contributed by atoms with Gasteiger partial charge >= 0.3 is 0 Å². The molecular formula is C10H16N4O2S. The summed E-state index contributed by atoms with van der Waals surface area (Å²) >= 11 is 0. The second kappa shape index (κ2) is 3.85. The van der Waals surface area contributed by atoms with E-state index in [9.17, 15) is 8.42 Å². The Hall–Kier alpha value is -1.34. The van der Waals surface area contributed by atoms with Crippen molar-refractivity contribution in [3.8, 4) is 0 Å². The zero-order valence-corrected chi connectivity index (χ0v) is 10.4. The first kappa shape index (κ1) is 12.1. The van der Waals surface area contributed by atoms with Crippen LogP contribution in [0, 0.1) is 0 Å². The molecule has 7 heteroatoms. The summed E-state index contributed by atoms with van der Waals surface area (Å²) in [6.45, 7) is 0.552. The predicted molar refractivity (Wildman–Crippen MR) is 67.0 cm³/mol. The maximum atomic E-state index is 11.2. The van der Waals surface area contributed by atoms with E-state index >= 15 is 0 Å². The summed E-state index contributed by atoms with van der Waals surface area (Å²) in [4.78, 5) is 4.21. The molecule has 2 rings (SSSR count). The number of hydrogen-bond acceptors (Lipinski definition) is 6. The maximum Gasteiger partial charge on any atom is 0.147 e. The fourth-order valence-corrected chi connectivity index (χ4v) is 2.73. The Bertz CT molecular complexity index is 533. The van der Waals surface area contributed by atoms with E-state index in [1.165, 1.54) is 6.26 Å². The van der Waals surface area contributed by atoms with E-state index in [1.807, 2.05) is 6.08 Å². The van der Waals surface area contributed by atoms with Crippen LogP contribution in [0.4, 0.5) is 0 Å². The van der Waals surface area contributed by atoms with Gasteiger partial charge in [-0.2, -0.15) is 0 Å². The largest absolute Gasteiger partial charge is 0.385 e. The van der Waals surface area contributed by atoms with Crippen LogP contribution in [0.25, 0.3) is 0 Å². The first-order valence-corrected chi connectivity index (χ1v) is 7.34. The maximum absolute atomic E-state index is 11.2. The van der Waals surface area contributed by atoms with Gasteiger partial charge in [-0.15, -0.1) is 0 Å². The van der Waals surface area contributed by atoms with Gasteiger partial charge in [0.2, 0.25) is 0 Å². The number of amidine groups is 1. The summed E-state index contributed by atoms with van der Waals surface area (Å²) in [5.41, 5.74) is 11.9. The molecule has 0 radical (unpaired) electrons. The second-order valence-electron chi connectivity index (χ2n) is 4.45. The molecule has 2 aliphatic rings. The first-order chi connectivity index (χ1) is 7.80. The molecule has 1 atom stereocenters. The Morgan fingerprint density at radius 2 is 2.29 bits per heavy atom. The van der Waals surface area contributed by atoms with Crippen molar-refractivity contribution in [3.05, 3.63) is 23.5 Å². The second-order valence-corrected chi connectivity index (χ2v) is 6.71. The van der Waals surface area contributed by atoms with Crippen LogP contribution in [0.3, 0.4) is 0 Å². The van der Waals surface area contributed by atoms with Crippen LogP contribution < -0.4 is 16.8 Å². The molecule has 0 fully saturated rings. The zero-order valence-electron chi connectivity index (χ0n) is 9.60. The number of nitrogens with two attached hydrogens (primary N) is 2. The molecular weight excluding hydrogens is 240 g/mol. The van der Waals surface area contributed by atoms with Crippen LogP contribution in [-0.4, -0.2) is 38.3 Å². The minimum Gasteiger partial charge on any atom is -0.385 e. The molecule has 2 heterocycles. The van der Waals surface area contributed by atoms with Crippen molar-refractivity contribution in [2.24, 2.45) is 16.5 Å². The lowest BCUT2D eigenvalue weighted by molar-refractivity contribution is 0.566. The fourth-order valence-electron chi connectivity index (χ4n) is 2.02. The Kier molecular flexibility index (Phi) is 2.75. The Morgan fingerprint density at radius 3 is 2.94 bits per heavy atom. The van der Waals surface area contributed by atoms with Gasteiger partial charge in [0.1, 0.15) is 15.7 Å². The van der Waals surface area contributed by atoms with Gasteiger partial charge in [0.25, 0.3) is 0 Å². The highest BCUT2D eigenvalue weighted by molar-refractivity contribution is 7.90. The van der Waals surface area contributed by atoms with E-state index in [0.717, 1.165) is 5.57 Å². The molecule has 6 nitrogen and oxygen atoms in total. The van der Waals surface area contributed by atoms with Gasteiger partial charge < -0.3 is 16.8 Å². The van der Waals surface area contributed by atoms with Gasteiger partial charge in [0.15, 0.2) is 0 Å². The molecule has 0 bridgehead atoms. The van der Waals surface area contributed by atoms with Crippen LogP contribution in [0.15, 0.2) is 28.5 Å².